The number of hydrogen-bond donors (Lipinski definition) is 1. The second-order valence-electron chi connectivity index (χ2n) is 3.21. The number of rotatable bonds is 1. The van der Waals surface area contributed by atoms with Gasteiger partial charge >= 0.3 is 0 Å². The van der Waals surface area contributed by atoms with Gasteiger partial charge in [-0.05, 0) is 26.3 Å². The highest BCUT2D eigenvalue weighted by Crippen LogP contribution is 2.13. The number of nitrogens with two attached hydrogens (primary N) is 1. The SMILES string of the molecule is C.Cc1cc(C)cc(C(C)N)c1.Cl. The molecule has 0 fully saturated rings. The lowest BCUT2D eigenvalue weighted by molar-refractivity contribution is 0.815. The molecule has 0 aliphatic rings. The van der Waals surface area contributed by atoms with Gasteiger partial charge in [-0.15, -0.1) is 12.4 Å². The first-order valence-corrected chi connectivity index (χ1v) is 3.93. The van der Waals surface area contributed by atoms with Gasteiger partial charge in [0.1, 0.15) is 0 Å². The molecule has 76 valence electrons. The quantitative estimate of drug-likeness (QED) is 0.741. The van der Waals surface area contributed by atoms with E-state index in [4.69, 9.17) is 5.73 Å². The van der Waals surface area contributed by atoms with E-state index in [9.17, 15) is 0 Å². The van der Waals surface area contributed by atoms with Crippen LogP contribution < -0.4 is 5.73 Å². The summed E-state index contributed by atoms with van der Waals surface area (Å²) in [5.41, 5.74) is 9.55. The van der Waals surface area contributed by atoms with Crippen LogP contribution in [0.1, 0.15) is 37.1 Å². The van der Waals surface area contributed by atoms with E-state index in [-0.39, 0.29) is 25.9 Å². The van der Waals surface area contributed by atoms with Crippen molar-refractivity contribution in [3.8, 4) is 0 Å². The summed E-state index contributed by atoms with van der Waals surface area (Å²) in [6.45, 7) is 6.20. The maximum absolute atomic E-state index is 5.75. The van der Waals surface area contributed by atoms with E-state index in [0.717, 1.165) is 0 Å². The van der Waals surface area contributed by atoms with E-state index in [1.54, 1.807) is 0 Å². The van der Waals surface area contributed by atoms with Crippen molar-refractivity contribution in [3.63, 3.8) is 0 Å². The Kier molecular flexibility index (Phi) is 6.91. The molecular weight excluding hydrogens is 182 g/mol. The summed E-state index contributed by atoms with van der Waals surface area (Å²) in [5.74, 6) is 0. The van der Waals surface area contributed by atoms with Gasteiger partial charge < -0.3 is 5.73 Å². The smallest absolute Gasteiger partial charge is 0.0266 e. The van der Waals surface area contributed by atoms with Gasteiger partial charge in [0.25, 0.3) is 0 Å². The van der Waals surface area contributed by atoms with E-state index in [0.29, 0.717) is 0 Å². The summed E-state index contributed by atoms with van der Waals surface area (Å²) in [6.07, 6.45) is 0. The summed E-state index contributed by atoms with van der Waals surface area (Å²) in [4.78, 5) is 0. The van der Waals surface area contributed by atoms with Crippen molar-refractivity contribution < 1.29 is 0 Å². The van der Waals surface area contributed by atoms with Crippen LogP contribution in [-0.2, 0) is 0 Å². The van der Waals surface area contributed by atoms with Crippen LogP contribution in [0.2, 0.25) is 0 Å². The monoisotopic (exact) mass is 201 g/mol. The molecule has 0 saturated heterocycles. The Balaban J connectivity index is 0. The van der Waals surface area contributed by atoms with Crippen molar-refractivity contribution >= 4 is 12.4 Å². The molecule has 13 heavy (non-hydrogen) atoms. The van der Waals surface area contributed by atoms with Crippen molar-refractivity contribution in [2.45, 2.75) is 34.2 Å². The molecule has 1 atom stereocenters. The van der Waals surface area contributed by atoms with Crippen LogP contribution in [0.5, 0.6) is 0 Å². The molecule has 0 aliphatic heterocycles. The normalized spacial score (nSPS) is 11.1. The van der Waals surface area contributed by atoms with Gasteiger partial charge in [-0.1, -0.05) is 36.8 Å². The summed E-state index contributed by atoms with van der Waals surface area (Å²) >= 11 is 0. The fourth-order valence-electron chi connectivity index (χ4n) is 1.27. The molecule has 1 unspecified atom stereocenters. The fraction of sp³-hybridized carbons (Fsp3) is 0.455. The maximum Gasteiger partial charge on any atom is 0.0266 e. The molecule has 0 amide bonds. The van der Waals surface area contributed by atoms with Crippen LogP contribution in [0.4, 0.5) is 0 Å². The topological polar surface area (TPSA) is 26.0 Å². The van der Waals surface area contributed by atoms with E-state index in [1.807, 2.05) is 6.92 Å². The van der Waals surface area contributed by atoms with Gasteiger partial charge in [0.15, 0.2) is 0 Å². The fourth-order valence-corrected chi connectivity index (χ4v) is 1.27. The lowest BCUT2D eigenvalue weighted by Crippen LogP contribution is -2.05. The third kappa shape index (κ3) is 4.30. The van der Waals surface area contributed by atoms with Gasteiger partial charge in [-0.2, -0.15) is 0 Å². The Bertz CT molecular complexity index is 236. The van der Waals surface area contributed by atoms with Gasteiger partial charge in [0.2, 0.25) is 0 Å². The Morgan fingerprint density at radius 2 is 1.46 bits per heavy atom. The largest absolute Gasteiger partial charge is 0.324 e. The summed E-state index contributed by atoms with van der Waals surface area (Å²) in [6, 6.07) is 6.58. The van der Waals surface area contributed by atoms with Crippen LogP contribution >= 0.6 is 12.4 Å². The summed E-state index contributed by atoms with van der Waals surface area (Å²) < 4.78 is 0. The Morgan fingerprint density at radius 1 is 1.08 bits per heavy atom. The van der Waals surface area contributed by atoms with Crippen molar-refractivity contribution in [1.29, 1.82) is 0 Å². The molecule has 0 radical (unpaired) electrons. The molecule has 0 saturated carbocycles. The molecule has 1 aromatic rings. The molecule has 0 heterocycles. The summed E-state index contributed by atoms with van der Waals surface area (Å²) in [7, 11) is 0. The second kappa shape index (κ2) is 6.01. The first-order valence-electron chi connectivity index (χ1n) is 3.93. The van der Waals surface area contributed by atoms with E-state index in [1.165, 1.54) is 16.7 Å². The maximum atomic E-state index is 5.75. The predicted molar refractivity (Wildman–Crippen MR) is 62.5 cm³/mol. The van der Waals surface area contributed by atoms with Crippen LogP contribution in [0.25, 0.3) is 0 Å². The highest BCUT2D eigenvalue weighted by atomic mass is 35.5. The van der Waals surface area contributed by atoms with Crippen LogP contribution in [0.15, 0.2) is 18.2 Å². The van der Waals surface area contributed by atoms with Gasteiger partial charge in [0.05, 0.1) is 0 Å². The van der Waals surface area contributed by atoms with Crippen molar-refractivity contribution in [2.75, 3.05) is 0 Å². The molecule has 0 bridgehead atoms. The molecule has 1 aromatic carbocycles. The zero-order valence-corrected chi connectivity index (χ0v) is 8.61. The molecular formula is C11H20ClN. The highest BCUT2D eigenvalue weighted by molar-refractivity contribution is 5.85. The third-order valence-electron chi connectivity index (χ3n) is 1.77. The number of benzene rings is 1. The van der Waals surface area contributed by atoms with Crippen molar-refractivity contribution in [3.05, 3.63) is 34.9 Å². The van der Waals surface area contributed by atoms with Crippen LogP contribution in [-0.4, -0.2) is 0 Å². The van der Waals surface area contributed by atoms with Gasteiger partial charge in [0, 0.05) is 6.04 Å². The average Bonchev–Trinajstić information content (AvgIpc) is 1.85. The molecule has 2 heteroatoms. The second-order valence-corrected chi connectivity index (χ2v) is 3.21. The van der Waals surface area contributed by atoms with Crippen molar-refractivity contribution in [1.82, 2.24) is 0 Å². The first-order chi connectivity index (χ1) is 5.09. The van der Waals surface area contributed by atoms with Gasteiger partial charge in [-0.25, -0.2) is 0 Å². The molecule has 0 spiro atoms. The van der Waals surface area contributed by atoms with Crippen molar-refractivity contribution in [2.24, 2.45) is 5.73 Å². The molecule has 0 aromatic heterocycles. The highest BCUT2D eigenvalue weighted by Gasteiger charge is 1.99. The molecule has 1 nitrogen and oxygen atoms in total. The molecule has 0 aliphatic carbocycles. The first kappa shape index (κ1) is 15.0. The van der Waals surface area contributed by atoms with Gasteiger partial charge in [-0.3, -0.25) is 0 Å². The average molecular weight is 202 g/mol. The zero-order valence-electron chi connectivity index (χ0n) is 7.79. The Morgan fingerprint density at radius 3 is 1.77 bits per heavy atom. The number of aryl methyl sites for hydroxylation is 2. The lowest BCUT2D eigenvalue weighted by Gasteiger charge is -2.07. The predicted octanol–water partition coefficient (Wildman–Crippen LogP) is 3.38. The molecule has 2 N–H and O–H groups in total. The zero-order chi connectivity index (χ0) is 8.43. The molecule has 1 rings (SSSR count). The lowest BCUT2D eigenvalue weighted by atomic mass is 10.0. The van der Waals surface area contributed by atoms with E-state index in [2.05, 4.69) is 32.0 Å². The Labute approximate surface area is 87.8 Å². The van der Waals surface area contributed by atoms with Crippen LogP contribution in [0.3, 0.4) is 0 Å². The van der Waals surface area contributed by atoms with E-state index < -0.39 is 0 Å². The number of hydrogen-bond acceptors (Lipinski definition) is 1. The standard InChI is InChI=1S/C10H15N.CH4.ClH/c1-7-4-8(2)6-10(5-7)9(3)11;;/h4-6,9H,11H2,1-3H3;1H4;1H. The number of halogens is 1. The minimum Gasteiger partial charge on any atom is -0.324 e. The minimum absolute atomic E-state index is 0. The van der Waals surface area contributed by atoms with Crippen LogP contribution in [0, 0.1) is 13.8 Å². The summed E-state index contributed by atoms with van der Waals surface area (Å²) in [5, 5.41) is 0. The third-order valence-corrected chi connectivity index (χ3v) is 1.77. The minimum atomic E-state index is 0. The van der Waals surface area contributed by atoms with E-state index >= 15 is 0 Å². The Hall–Kier alpha value is -0.530.